The Hall–Kier alpha value is -1.41. The van der Waals surface area contributed by atoms with Gasteiger partial charge in [0.15, 0.2) is 0 Å². The number of ether oxygens (including phenoxy) is 1. The standard InChI is InChI=1S/C15H18FN3O2S.2ClH/c1-10-14(15(20)18-8-7-17-2)22-13(19-10)9-21-12-5-3-11(16)4-6-12;;/h3-6,17H,7-9H2,1-2H3,(H,18,20);2*1H. The average molecular weight is 396 g/mol. The highest BCUT2D eigenvalue weighted by molar-refractivity contribution is 7.13. The highest BCUT2D eigenvalue weighted by atomic mass is 35.5. The van der Waals surface area contributed by atoms with Crippen LogP contribution < -0.4 is 15.4 Å². The zero-order chi connectivity index (χ0) is 15.9. The summed E-state index contributed by atoms with van der Waals surface area (Å²) in [7, 11) is 1.83. The molecule has 5 nitrogen and oxygen atoms in total. The quantitative estimate of drug-likeness (QED) is 0.707. The van der Waals surface area contributed by atoms with Gasteiger partial charge in [0.05, 0.1) is 5.69 Å². The summed E-state index contributed by atoms with van der Waals surface area (Å²) in [6.45, 7) is 3.32. The molecule has 2 N–H and O–H groups in total. The Labute approximate surface area is 156 Å². The van der Waals surface area contributed by atoms with Gasteiger partial charge in [-0.1, -0.05) is 0 Å². The smallest absolute Gasteiger partial charge is 0.263 e. The first kappa shape index (κ1) is 22.6. The van der Waals surface area contributed by atoms with E-state index in [1.165, 1.54) is 23.5 Å². The minimum Gasteiger partial charge on any atom is -0.486 e. The van der Waals surface area contributed by atoms with Crippen molar-refractivity contribution in [2.75, 3.05) is 20.1 Å². The van der Waals surface area contributed by atoms with Gasteiger partial charge in [-0.3, -0.25) is 4.79 Å². The Kier molecular flexibility index (Phi) is 10.5. The van der Waals surface area contributed by atoms with Crippen LogP contribution in [0.3, 0.4) is 0 Å². The summed E-state index contributed by atoms with van der Waals surface area (Å²) in [4.78, 5) is 16.9. The molecule has 2 rings (SSSR count). The van der Waals surface area contributed by atoms with Crippen molar-refractivity contribution in [2.45, 2.75) is 13.5 Å². The second kappa shape index (κ2) is 11.2. The molecule has 0 aliphatic rings. The maximum atomic E-state index is 12.8. The number of halogens is 3. The summed E-state index contributed by atoms with van der Waals surface area (Å²) < 4.78 is 18.3. The number of aromatic nitrogens is 1. The highest BCUT2D eigenvalue weighted by Gasteiger charge is 2.15. The number of thiazole rings is 1. The van der Waals surface area contributed by atoms with E-state index in [0.717, 1.165) is 0 Å². The van der Waals surface area contributed by atoms with Crippen molar-refractivity contribution in [3.05, 3.63) is 45.7 Å². The zero-order valence-corrected chi connectivity index (χ0v) is 15.7. The second-order valence-corrected chi connectivity index (χ2v) is 5.71. The van der Waals surface area contributed by atoms with E-state index in [2.05, 4.69) is 15.6 Å². The molecular weight excluding hydrogens is 376 g/mol. The summed E-state index contributed by atoms with van der Waals surface area (Å²) in [5.74, 6) is 0.130. The van der Waals surface area contributed by atoms with Crippen LogP contribution in [0.5, 0.6) is 5.75 Å². The van der Waals surface area contributed by atoms with Crippen LogP contribution in [0.15, 0.2) is 24.3 Å². The summed E-state index contributed by atoms with van der Waals surface area (Å²) in [6, 6.07) is 5.79. The molecule has 1 heterocycles. The number of nitrogens with one attached hydrogen (secondary N) is 2. The Morgan fingerprint density at radius 3 is 2.54 bits per heavy atom. The minimum absolute atomic E-state index is 0. The number of hydrogen-bond acceptors (Lipinski definition) is 5. The molecule has 1 amide bonds. The molecule has 1 aromatic carbocycles. The van der Waals surface area contributed by atoms with Gasteiger partial charge < -0.3 is 15.4 Å². The Balaban J connectivity index is 0.00000264. The van der Waals surface area contributed by atoms with Gasteiger partial charge >= 0.3 is 0 Å². The molecule has 0 radical (unpaired) electrons. The maximum absolute atomic E-state index is 12.8. The van der Waals surface area contributed by atoms with Gasteiger partial charge in [0.1, 0.15) is 28.1 Å². The van der Waals surface area contributed by atoms with Crippen LogP contribution in [0, 0.1) is 12.7 Å². The number of hydrogen-bond donors (Lipinski definition) is 2. The molecule has 0 saturated carbocycles. The first-order valence-corrected chi connectivity index (χ1v) is 7.69. The molecule has 0 spiro atoms. The van der Waals surface area contributed by atoms with Gasteiger partial charge in [-0.05, 0) is 38.2 Å². The molecule has 9 heteroatoms. The van der Waals surface area contributed by atoms with E-state index in [9.17, 15) is 9.18 Å². The molecule has 1 aromatic heterocycles. The fourth-order valence-corrected chi connectivity index (χ4v) is 2.68. The largest absolute Gasteiger partial charge is 0.486 e. The maximum Gasteiger partial charge on any atom is 0.263 e. The van der Waals surface area contributed by atoms with Gasteiger partial charge in [0.2, 0.25) is 0 Å². The van der Waals surface area contributed by atoms with E-state index < -0.39 is 0 Å². The molecule has 0 fully saturated rings. The van der Waals surface area contributed by atoms with Crippen molar-refractivity contribution in [1.29, 1.82) is 0 Å². The number of amides is 1. The van der Waals surface area contributed by atoms with E-state index >= 15 is 0 Å². The third kappa shape index (κ3) is 6.60. The van der Waals surface area contributed by atoms with Crippen LogP contribution in [0.2, 0.25) is 0 Å². The van der Waals surface area contributed by atoms with Crippen LogP contribution in [-0.2, 0) is 6.61 Å². The van der Waals surface area contributed by atoms with Crippen molar-refractivity contribution in [1.82, 2.24) is 15.6 Å². The molecule has 0 bridgehead atoms. The summed E-state index contributed by atoms with van der Waals surface area (Å²) >= 11 is 1.31. The SMILES string of the molecule is CNCCNC(=O)c1sc(COc2ccc(F)cc2)nc1C.Cl.Cl. The zero-order valence-electron chi connectivity index (χ0n) is 13.3. The fraction of sp³-hybridized carbons (Fsp3) is 0.333. The molecule has 24 heavy (non-hydrogen) atoms. The van der Waals surface area contributed by atoms with Crippen molar-refractivity contribution in [3.8, 4) is 5.75 Å². The van der Waals surface area contributed by atoms with Crippen LogP contribution in [0.25, 0.3) is 0 Å². The molecule has 2 aromatic rings. The molecule has 0 atom stereocenters. The first-order valence-electron chi connectivity index (χ1n) is 6.87. The summed E-state index contributed by atoms with van der Waals surface area (Å²) in [5.41, 5.74) is 0.685. The van der Waals surface area contributed by atoms with Gasteiger partial charge in [-0.15, -0.1) is 36.2 Å². The first-order chi connectivity index (χ1) is 10.6. The summed E-state index contributed by atoms with van der Waals surface area (Å²) in [6.07, 6.45) is 0. The molecule has 0 unspecified atom stereocenters. The van der Waals surface area contributed by atoms with Gasteiger partial charge in [0.25, 0.3) is 5.91 Å². The molecule has 134 valence electrons. The van der Waals surface area contributed by atoms with Gasteiger partial charge in [-0.2, -0.15) is 0 Å². The minimum atomic E-state index is -0.307. The lowest BCUT2D eigenvalue weighted by Gasteiger charge is -2.03. The fourth-order valence-electron chi connectivity index (χ4n) is 1.78. The van der Waals surface area contributed by atoms with E-state index in [0.29, 0.717) is 34.4 Å². The number of rotatable bonds is 7. The predicted molar refractivity (Wildman–Crippen MR) is 98.3 cm³/mol. The number of benzene rings is 1. The number of carbonyl (C=O) groups excluding carboxylic acids is 1. The normalized spacial score (nSPS) is 9.62. The van der Waals surface area contributed by atoms with Crippen LogP contribution >= 0.6 is 36.2 Å². The monoisotopic (exact) mass is 395 g/mol. The number of likely N-dealkylation sites (N-methyl/N-ethyl adjacent to an activating group) is 1. The van der Waals surface area contributed by atoms with Gasteiger partial charge in [0, 0.05) is 13.1 Å². The van der Waals surface area contributed by atoms with Crippen molar-refractivity contribution in [2.24, 2.45) is 0 Å². The molecule has 0 aliphatic heterocycles. The van der Waals surface area contributed by atoms with Gasteiger partial charge in [-0.25, -0.2) is 9.37 Å². The van der Waals surface area contributed by atoms with E-state index in [-0.39, 0.29) is 43.1 Å². The van der Waals surface area contributed by atoms with E-state index in [4.69, 9.17) is 4.74 Å². The second-order valence-electron chi connectivity index (χ2n) is 4.62. The average Bonchev–Trinajstić information content (AvgIpc) is 2.88. The van der Waals surface area contributed by atoms with Crippen LogP contribution in [0.4, 0.5) is 4.39 Å². The van der Waals surface area contributed by atoms with Crippen molar-refractivity contribution >= 4 is 42.1 Å². The Bertz CT molecular complexity index is 638. The Morgan fingerprint density at radius 2 is 1.92 bits per heavy atom. The highest BCUT2D eigenvalue weighted by Crippen LogP contribution is 2.20. The Morgan fingerprint density at radius 1 is 1.25 bits per heavy atom. The van der Waals surface area contributed by atoms with E-state index in [1.54, 1.807) is 19.1 Å². The van der Waals surface area contributed by atoms with Crippen LogP contribution in [0.1, 0.15) is 20.4 Å². The van der Waals surface area contributed by atoms with Crippen molar-refractivity contribution in [3.63, 3.8) is 0 Å². The van der Waals surface area contributed by atoms with E-state index in [1.807, 2.05) is 7.05 Å². The molecular formula is C15H20Cl2FN3O2S. The number of nitrogens with zero attached hydrogens (tertiary/aromatic N) is 1. The lowest BCUT2D eigenvalue weighted by molar-refractivity contribution is 0.0957. The lowest BCUT2D eigenvalue weighted by atomic mass is 10.3. The number of carbonyl (C=O) groups is 1. The summed E-state index contributed by atoms with van der Waals surface area (Å²) in [5, 5.41) is 6.49. The number of aryl methyl sites for hydroxylation is 1. The lowest BCUT2D eigenvalue weighted by Crippen LogP contribution is -2.30. The third-order valence-electron chi connectivity index (χ3n) is 2.88. The van der Waals surface area contributed by atoms with Crippen LogP contribution in [-0.4, -0.2) is 31.0 Å². The molecule has 0 aliphatic carbocycles. The van der Waals surface area contributed by atoms with Crippen molar-refractivity contribution < 1.29 is 13.9 Å². The third-order valence-corrected chi connectivity index (χ3v) is 4.01. The predicted octanol–water partition coefficient (Wildman–Crippen LogP) is 2.96. The topological polar surface area (TPSA) is 63.2 Å². The molecule has 0 saturated heterocycles.